The standard InChI is InChI=1S/C21H25N3O2S/c1-5-23(6-2)18(25)13-24-17(12-16-10-8-7-9-11-16)22-20-19(21(24)26)14(3)15(4)27-20/h7-11H,5-6,12-13H2,1-4H3. The summed E-state index contributed by atoms with van der Waals surface area (Å²) in [5.74, 6) is 0.586. The molecule has 0 spiro atoms. The molecule has 0 saturated heterocycles. The molecular weight excluding hydrogens is 358 g/mol. The molecule has 142 valence electrons. The summed E-state index contributed by atoms with van der Waals surface area (Å²) >= 11 is 1.54. The maximum Gasteiger partial charge on any atom is 0.263 e. The van der Waals surface area contributed by atoms with Crippen LogP contribution in [0.25, 0.3) is 10.2 Å². The molecule has 0 aliphatic carbocycles. The van der Waals surface area contributed by atoms with Gasteiger partial charge in [-0.1, -0.05) is 30.3 Å². The van der Waals surface area contributed by atoms with Crippen molar-refractivity contribution in [2.45, 2.75) is 40.7 Å². The highest BCUT2D eigenvalue weighted by atomic mass is 32.1. The maximum atomic E-state index is 13.3. The first-order chi connectivity index (χ1) is 13.0. The molecule has 0 saturated carbocycles. The first-order valence-corrected chi connectivity index (χ1v) is 10.1. The Morgan fingerprint density at radius 3 is 2.44 bits per heavy atom. The number of nitrogens with zero attached hydrogens (tertiary/aromatic N) is 3. The van der Waals surface area contributed by atoms with E-state index in [4.69, 9.17) is 4.98 Å². The summed E-state index contributed by atoms with van der Waals surface area (Å²) in [5.41, 5.74) is 1.91. The molecule has 0 fully saturated rings. The normalized spacial score (nSPS) is 11.1. The lowest BCUT2D eigenvalue weighted by molar-refractivity contribution is -0.131. The van der Waals surface area contributed by atoms with E-state index in [2.05, 4.69) is 0 Å². The van der Waals surface area contributed by atoms with Gasteiger partial charge in [0.2, 0.25) is 5.91 Å². The van der Waals surface area contributed by atoms with Crippen molar-refractivity contribution in [3.8, 4) is 0 Å². The lowest BCUT2D eigenvalue weighted by atomic mass is 10.1. The molecule has 1 aromatic carbocycles. The minimum absolute atomic E-state index is 0.0277. The van der Waals surface area contributed by atoms with Crippen LogP contribution < -0.4 is 5.56 Å². The van der Waals surface area contributed by atoms with Crippen LogP contribution in [0.1, 0.15) is 35.7 Å². The molecule has 0 aliphatic heterocycles. The predicted octanol–water partition coefficient (Wildman–Crippen LogP) is 3.53. The fourth-order valence-corrected chi connectivity index (χ4v) is 4.30. The van der Waals surface area contributed by atoms with Crippen molar-refractivity contribution in [1.82, 2.24) is 14.5 Å². The lowest BCUT2D eigenvalue weighted by Gasteiger charge is -2.20. The molecule has 3 aromatic rings. The van der Waals surface area contributed by atoms with Gasteiger partial charge in [-0.15, -0.1) is 11.3 Å². The van der Waals surface area contributed by atoms with E-state index in [9.17, 15) is 9.59 Å². The number of rotatable bonds is 6. The number of thiophene rings is 1. The highest BCUT2D eigenvalue weighted by molar-refractivity contribution is 7.18. The van der Waals surface area contributed by atoms with Crippen molar-refractivity contribution < 1.29 is 4.79 Å². The zero-order valence-electron chi connectivity index (χ0n) is 16.3. The number of carbonyl (C=O) groups is 1. The van der Waals surface area contributed by atoms with Gasteiger partial charge in [-0.05, 0) is 38.8 Å². The van der Waals surface area contributed by atoms with E-state index in [1.165, 1.54) is 0 Å². The third-order valence-corrected chi connectivity index (χ3v) is 6.08. The van der Waals surface area contributed by atoms with Crippen LogP contribution in [-0.4, -0.2) is 33.4 Å². The van der Waals surface area contributed by atoms with Gasteiger partial charge >= 0.3 is 0 Å². The van der Waals surface area contributed by atoms with Crippen molar-refractivity contribution in [3.05, 3.63) is 62.5 Å². The SMILES string of the molecule is CCN(CC)C(=O)Cn1c(Cc2ccccc2)nc2sc(C)c(C)c2c1=O. The number of benzene rings is 1. The average Bonchev–Trinajstić information content (AvgIpc) is 2.94. The van der Waals surface area contributed by atoms with Gasteiger partial charge in [0.05, 0.1) is 5.39 Å². The largest absolute Gasteiger partial charge is 0.342 e. The number of carbonyl (C=O) groups excluding carboxylic acids is 1. The molecule has 6 heteroatoms. The molecular formula is C21H25N3O2S. The molecule has 2 aromatic heterocycles. The van der Waals surface area contributed by atoms with Gasteiger partial charge in [0, 0.05) is 24.4 Å². The average molecular weight is 384 g/mol. The van der Waals surface area contributed by atoms with E-state index >= 15 is 0 Å². The van der Waals surface area contributed by atoms with Gasteiger partial charge in [0.25, 0.3) is 5.56 Å². The van der Waals surface area contributed by atoms with Crippen molar-refractivity contribution in [2.24, 2.45) is 0 Å². The van der Waals surface area contributed by atoms with E-state index in [1.807, 2.05) is 58.0 Å². The molecule has 0 atom stereocenters. The minimum Gasteiger partial charge on any atom is -0.342 e. The molecule has 5 nitrogen and oxygen atoms in total. The van der Waals surface area contributed by atoms with Gasteiger partial charge in [0.1, 0.15) is 17.2 Å². The summed E-state index contributed by atoms with van der Waals surface area (Å²) in [5, 5.41) is 0.640. The number of amides is 1. The van der Waals surface area contributed by atoms with Crippen molar-refractivity contribution in [2.75, 3.05) is 13.1 Å². The quantitative estimate of drug-likeness (QED) is 0.654. The second-order valence-electron chi connectivity index (χ2n) is 6.61. The summed E-state index contributed by atoms with van der Waals surface area (Å²) in [6.07, 6.45) is 0.521. The third kappa shape index (κ3) is 3.81. The van der Waals surface area contributed by atoms with Gasteiger partial charge in [-0.2, -0.15) is 0 Å². The highest BCUT2D eigenvalue weighted by Crippen LogP contribution is 2.26. The van der Waals surface area contributed by atoms with Crippen molar-refractivity contribution in [3.63, 3.8) is 0 Å². The van der Waals surface area contributed by atoms with Gasteiger partial charge < -0.3 is 4.90 Å². The first-order valence-electron chi connectivity index (χ1n) is 9.27. The van der Waals surface area contributed by atoms with E-state index in [0.29, 0.717) is 30.7 Å². The summed E-state index contributed by atoms with van der Waals surface area (Å²) in [6.45, 7) is 9.13. The first kappa shape index (κ1) is 19.3. The molecule has 0 radical (unpaired) electrons. The van der Waals surface area contributed by atoms with E-state index in [0.717, 1.165) is 20.8 Å². The number of hydrogen-bond donors (Lipinski definition) is 0. The van der Waals surface area contributed by atoms with Crippen LogP contribution in [-0.2, 0) is 17.8 Å². The lowest BCUT2D eigenvalue weighted by Crippen LogP contribution is -2.37. The number of aromatic nitrogens is 2. The Kier molecular flexibility index (Phi) is 5.75. The predicted molar refractivity (Wildman–Crippen MR) is 111 cm³/mol. The Morgan fingerprint density at radius 2 is 1.81 bits per heavy atom. The van der Waals surface area contributed by atoms with Crippen molar-refractivity contribution >= 4 is 27.5 Å². The molecule has 2 heterocycles. The smallest absolute Gasteiger partial charge is 0.263 e. The Morgan fingerprint density at radius 1 is 1.15 bits per heavy atom. The molecule has 0 N–H and O–H groups in total. The second kappa shape index (κ2) is 8.05. The molecule has 27 heavy (non-hydrogen) atoms. The van der Waals surface area contributed by atoms with Crippen LogP contribution in [0.15, 0.2) is 35.1 Å². The van der Waals surface area contributed by atoms with Gasteiger partial charge in [-0.3, -0.25) is 14.2 Å². The van der Waals surface area contributed by atoms with Gasteiger partial charge in [0.15, 0.2) is 0 Å². The maximum absolute atomic E-state index is 13.3. The Hall–Kier alpha value is -2.47. The van der Waals surface area contributed by atoms with E-state index in [-0.39, 0.29) is 18.0 Å². The van der Waals surface area contributed by atoms with E-state index < -0.39 is 0 Å². The number of likely N-dealkylation sites (N-methyl/N-ethyl adjacent to an activating group) is 1. The topological polar surface area (TPSA) is 55.2 Å². The van der Waals surface area contributed by atoms with Gasteiger partial charge in [-0.25, -0.2) is 4.98 Å². The third-order valence-electron chi connectivity index (χ3n) is 4.98. The van der Waals surface area contributed by atoms with Crippen LogP contribution >= 0.6 is 11.3 Å². The summed E-state index contributed by atoms with van der Waals surface area (Å²) < 4.78 is 1.56. The van der Waals surface area contributed by atoms with Crippen LogP contribution in [0.4, 0.5) is 0 Å². The van der Waals surface area contributed by atoms with Crippen LogP contribution in [0.2, 0.25) is 0 Å². The highest BCUT2D eigenvalue weighted by Gasteiger charge is 2.20. The molecule has 0 aliphatic rings. The Bertz CT molecular complexity index is 1020. The fraction of sp³-hybridized carbons (Fsp3) is 0.381. The second-order valence-corrected chi connectivity index (χ2v) is 7.81. The zero-order valence-corrected chi connectivity index (χ0v) is 17.1. The molecule has 0 bridgehead atoms. The van der Waals surface area contributed by atoms with Crippen LogP contribution in [0, 0.1) is 13.8 Å². The van der Waals surface area contributed by atoms with Crippen molar-refractivity contribution in [1.29, 1.82) is 0 Å². The zero-order chi connectivity index (χ0) is 19.6. The van der Waals surface area contributed by atoms with E-state index in [1.54, 1.807) is 20.8 Å². The Labute approximate surface area is 163 Å². The molecule has 0 unspecified atom stereocenters. The monoisotopic (exact) mass is 383 g/mol. The number of aryl methyl sites for hydroxylation is 2. The minimum atomic E-state index is -0.117. The molecule has 1 amide bonds. The summed E-state index contributed by atoms with van der Waals surface area (Å²) in [6, 6.07) is 9.92. The van der Waals surface area contributed by atoms with Crippen LogP contribution in [0.5, 0.6) is 0 Å². The van der Waals surface area contributed by atoms with Crippen LogP contribution in [0.3, 0.4) is 0 Å². The number of fused-ring (bicyclic) bond motifs is 1. The number of hydrogen-bond acceptors (Lipinski definition) is 4. The molecule has 3 rings (SSSR count). The fourth-order valence-electron chi connectivity index (χ4n) is 3.26. The Balaban J connectivity index is 2.13. The summed E-state index contributed by atoms with van der Waals surface area (Å²) in [7, 11) is 0. The summed E-state index contributed by atoms with van der Waals surface area (Å²) in [4.78, 5) is 34.3.